The minimum absolute atomic E-state index is 0.0361. The molecule has 1 aromatic carbocycles. The summed E-state index contributed by atoms with van der Waals surface area (Å²) in [6, 6.07) is 7.83. The van der Waals surface area contributed by atoms with Crippen molar-refractivity contribution >= 4 is 11.8 Å². The van der Waals surface area contributed by atoms with E-state index in [1.54, 1.807) is 0 Å². The number of hydrogen-bond donors (Lipinski definition) is 2. The molecule has 0 heterocycles. The number of carbonyl (C=O) groups excluding carboxylic acids is 2. The second-order valence-corrected chi connectivity index (χ2v) is 5.77. The topological polar surface area (TPSA) is 67.4 Å². The molecule has 3 rings (SSSR count). The zero-order valence-corrected chi connectivity index (χ0v) is 11.9. The molecular formula is C16H20N2O3. The molecule has 0 atom stereocenters. The van der Waals surface area contributed by atoms with Crippen LogP contribution in [0.25, 0.3) is 0 Å². The van der Waals surface area contributed by atoms with Crippen LogP contribution in [0.15, 0.2) is 24.3 Å². The Morgan fingerprint density at radius 1 is 1.19 bits per heavy atom. The molecule has 0 bridgehead atoms. The average molecular weight is 288 g/mol. The Labute approximate surface area is 124 Å². The first-order valence-electron chi connectivity index (χ1n) is 7.49. The first-order valence-corrected chi connectivity index (χ1v) is 7.49. The van der Waals surface area contributed by atoms with E-state index < -0.39 is 0 Å². The molecular weight excluding hydrogens is 268 g/mol. The second kappa shape index (κ2) is 6.16. The molecule has 2 N–H and O–H groups in total. The van der Waals surface area contributed by atoms with Gasteiger partial charge in [0.2, 0.25) is 5.91 Å². The Morgan fingerprint density at radius 3 is 2.71 bits per heavy atom. The fourth-order valence-corrected chi connectivity index (χ4v) is 2.07. The first kappa shape index (κ1) is 13.9. The second-order valence-electron chi connectivity index (χ2n) is 5.77. The molecule has 0 aromatic heterocycles. The molecule has 0 saturated heterocycles. The first-order chi connectivity index (χ1) is 10.2. The van der Waals surface area contributed by atoms with Gasteiger partial charge in [0.05, 0.1) is 0 Å². The normalized spacial score (nSPS) is 17.1. The summed E-state index contributed by atoms with van der Waals surface area (Å²) in [4.78, 5) is 23.1. The van der Waals surface area contributed by atoms with Crippen LogP contribution in [0.2, 0.25) is 0 Å². The van der Waals surface area contributed by atoms with Gasteiger partial charge in [-0.25, -0.2) is 0 Å². The van der Waals surface area contributed by atoms with Gasteiger partial charge in [0.1, 0.15) is 5.75 Å². The van der Waals surface area contributed by atoms with Gasteiger partial charge in [-0.3, -0.25) is 9.59 Å². The minimum Gasteiger partial charge on any atom is -0.484 e. The number of benzene rings is 1. The molecule has 112 valence electrons. The fraction of sp³-hybridized carbons (Fsp3) is 0.500. The summed E-state index contributed by atoms with van der Waals surface area (Å²) < 4.78 is 5.48. The third-order valence-corrected chi connectivity index (χ3v) is 3.63. The van der Waals surface area contributed by atoms with E-state index >= 15 is 0 Å². The molecule has 2 aliphatic rings. The Balaban J connectivity index is 1.45. The highest BCUT2D eigenvalue weighted by atomic mass is 16.5. The molecule has 2 amide bonds. The van der Waals surface area contributed by atoms with Crippen molar-refractivity contribution in [1.82, 2.24) is 10.6 Å². The van der Waals surface area contributed by atoms with Crippen LogP contribution < -0.4 is 15.4 Å². The minimum atomic E-state index is -0.0788. The highest BCUT2D eigenvalue weighted by molar-refractivity contribution is 5.80. The fourth-order valence-electron chi connectivity index (χ4n) is 2.07. The van der Waals surface area contributed by atoms with Gasteiger partial charge < -0.3 is 15.4 Å². The Bertz CT molecular complexity index is 536. The largest absolute Gasteiger partial charge is 0.484 e. The molecule has 0 unspecified atom stereocenters. The van der Waals surface area contributed by atoms with Crippen LogP contribution in [-0.4, -0.2) is 24.5 Å². The summed E-state index contributed by atoms with van der Waals surface area (Å²) in [6.07, 6.45) is 4.15. The van der Waals surface area contributed by atoms with Crippen molar-refractivity contribution in [2.75, 3.05) is 6.61 Å². The Morgan fingerprint density at radius 2 is 2.00 bits per heavy atom. The number of nitrogens with one attached hydrogen (secondary N) is 2. The lowest BCUT2D eigenvalue weighted by Gasteiger charge is -2.09. The van der Waals surface area contributed by atoms with E-state index in [-0.39, 0.29) is 24.3 Å². The summed E-state index contributed by atoms with van der Waals surface area (Å²) in [5.74, 6) is 0.921. The quantitative estimate of drug-likeness (QED) is 0.796. The van der Waals surface area contributed by atoms with E-state index in [2.05, 4.69) is 10.6 Å². The van der Waals surface area contributed by atoms with Gasteiger partial charge in [0, 0.05) is 18.5 Å². The highest BCUT2D eigenvalue weighted by Gasteiger charge is 2.29. The van der Waals surface area contributed by atoms with Crippen molar-refractivity contribution in [3.63, 3.8) is 0 Å². The molecule has 21 heavy (non-hydrogen) atoms. The molecule has 2 aliphatic carbocycles. The molecule has 5 nitrogen and oxygen atoms in total. The third kappa shape index (κ3) is 4.48. The summed E-state index contributed by atoms with van der Waals surface area (Å²) >= 11 is 0. The van der Waals surface area contributed by atoms with Crippen molar-refractivity contribution in [2.24, 2.45) is 5.92 Å². The molecule has 2 saturated carbocycles. The van der Waals surface area contributed by atoms with Crippen molar-refractivity contribution in [3.8, 4) is 5.75 Å². The van der Waals surface area contributed by atoms with Crippen molar-refractivity contribution in [1.29, 1.82) is 0 Å². The molecule has 2 fully saturated rings. The lowest BCUT2D eigenvalue weighted by molar-refractivity contribution is -0.123. The van der Waals surface area contributed by atoms with E-state index in [0.717, 1.165) is 31.2 Å². The van der Waals surface area contributed by atoms with E-state index in [9.17, 15) is 9.59 Å². The van der Waals surface area contributed by atoms with Gasteiger partial charge >= 0.3 is 0 Å². The van der Waals surface area contributed by atoms with Gasteiger partial charge in [0.25, 0.3) is 5.91 Å². The smallest absolute Gasteiger partial charge is 0.258 e. The van der Waals surface area contributed by atoms with Crippen LogP contribution in [0.1, 0.15) is 31.2 Å². The Hall–Kier alpha value is -2.04. The van der Waals surface area contributed by atoms with Crippen molar-refractivity contribution in [2.45, 2.75) is 38.3 Å². The maximum atomic E-state index is 11.6. The number of ether oxygens (including phenoxy) is 1. The van der Waals surface area contributed by atoms with Crippen molar-refractivity contribution in [3.05, 3.63) is 29.8 Å². The highest BCUT2D eigenvalue weighted by Crippen LogP contribution is 2.28. The van der Waals surface area contributed by atoms with Crippen LogP contribution in [0.5, 0.6) is 5.75 Å². The van der Waals surface area contributed by atoms with E-state index in [1.807, 2.05) is 24.3 Å². The number of amides is 2. The van der Waals surface area contributed by atoms with Gasteiger partial charge in [0.15, 0.2) is 6.61 Å². The predicted molar refractivity (Wildman–Crippen MR) is 77.7 cm³/mol. The summed E-state index contributed by atoms with van der Waals surface area (Å²) in [6.45, 7) is 0.537. The van der Waals surface area contributed by atoms with Crippen LogP contribution in [0, 0.1) is 5.92 Å². The zero-order valence-electron chi connectivity index (χ0n) is 11.9. The van der Waals surface area contributed by atoms with E-state index in [0.29, 0.717) is 18.3 Å². The molecule has 0 aliphatic heterocycles. The maximum Gasteiger partial charge on any atom is 0.258 e. The Kier molecular flexibility index (Phi) is 4.08. The van der Waals surface area contributed by atoms with Crippen LogP contribution in [-0.2, 0) is 16.1 Å². The van der Waals surface area contributed by atoms with Gasteiger partial charge in [-0.05, 0) is 43.4 Å². The number of hydrogen-bond acceptors (Lipinski definition) is 3. The molecule has 0 radical (unpaired) electrons. The summed E-state index contributed by atoms with van der Waals surface area (Å²) in [5.41, 5.74) is 0.976. The summed E-state index contributed by atoms with van der Waals surface area (Å²) in [5, 5.41) is 5.79. The molecule has 5 heteroatoms. The van der Waals surface area contributed by atoms with Gasteiger partial charge in [-0.15, -0.1) is 0 Å². The molecule has 1 aromatic rings. The maximum absolute atomic E-state index is 11.6. The van der Waals surface area contributed by atoms with Crippen LogP contribution in [0.4, 0.5) is 0 Å². The predicted octanol–water partition coefficient (Wildman–Crippen LogP) is 1.37. The van der Waals surface area contributed by atoms with Crippen LogP contribution in [0.3, 0.4) is 0 Å². The zero-order chi connectivity index (χ0) is 14.7. The van der Waals surface area contributed by atoms with Crippen molar-refractivity contribution < 1.29 is 14.3 Å². The SMILES string of the molecule is O=C(COc1cccc(CNC(=O)C2CC2)c1)NC1CC1. The van der Waals surface area contributed by atoms with Gasteiger partial charge in [-0.2, -0.15) is 0 Å². The molecule has 0 spiro atoms. The lowest BCUT2D eigenvalue weighted by Crippen LogP contribution is -2.30. The number of rotatable bonds is 7. The summed E-state index contributed by atoms with van der Waals surface area (Å²) in [7, 11) is 0. The average Bonchev–Trinajstić information content (AvgIpc) is 3.35. The number of carbonyl (C=O) groups is 2. The van der Waals surface area contributed by atoms with Gasteiger partial charge in [-0.1, -0.05) is 12.1 Å². The van der Waals surface area contributed by atoms with E-state index in [4.69, 9.17) is 4.74 Å². The van der Waals surface area contributed by atoms with Crippen LogP contribution >= 0.6 is 0 Å². The van der Waals surface area contributed by atoms with E-state index in [1.165, 1.54) is 0 Å². The standard InChI is InChI=1S/C16H20N2O3/c19-15(18-13-6-7-13)10-21-14-3-1-2-11(8-14)9-17-16(20)12-4-5-12/h1-3,8,12-13H,4-7,9-10H2,(H,17,20)(H,18,19). The third-order valence-electron chi connectivity index (χ3n) is 3.63. The monoisotopic (exact) mass is 288 g/mol. The lowest BCUT2D eigenvalue weighted by atomic mass is 10.2.